The summed E-state index contributed by atoms with van der Waals surface area (Å²) in [4.78, 5) is 30.9. The van der Waals surface area contributed by atoms with Crippen LogP contribution in [-0.2, 0) is 16.6 Å². The van der Waals surface area contributed by atoms with Crippen LogP contribution in [0.4, 0.5) is 5.69 Å². The van der Waals surface area contributed by atoms with E-state index in [0.29, 0.717) is 36.8 Å². The first-order valence-electron chi connectivity index (χ1n) is 14.4. The van der Waals surface area contributed by atoms with E-state index in [1.54, 1.807) is 7.11 Å². The van der Waals surface area contributed by atoms with Crippen molar-refractivity contribution in [1.29, 1.82) is 0 Å². The number of fused-ring (bicyclic) bond motifs is 1. The Morgan fingerprint density at radius 3 is 2.73 bits per heavy atom. The molecule has 0 radical (unpaired) electrons. The minimum absolute atomic E-state index is 0.0356. The number of unbranched alkanes of at least 4 members (excludes halogenated alkanes) is 1. The number of carboxylic acid groups (broad SMARTS) is 1. The number of amides is 1. The van der Waals surface area contributed by atoms with Crippen LogP contribution in [0.3, 0.4) is 0 Å². The van der Waals surface area contributed by atoms with Gasteiger partial charge in [-0.1, -0.05) is 39.3 Å². The summed E-state index contributed by atoms with van der Waals surface area (Å²) in [5, 5.41) is 10.6. The maximum Gasteiger partial charge on any atom is 0.308 e. The summed E-state index contributed by atoms with van der Waals surface area (Å²) in [6.07, 6.45) is 10.4. The first-order valence-corrected chi connectivity index (χ1v) is 14.4. The summed E-state index contributed by atoms with van der Waals surface area (Å²) in [6, 6.07) is 7.24. The summed E-state index contributed by atoms with van der Waals surface area (Å²) in [5.41, 5.74) is 1.39. The van der Waals surface area contributed by atoms with Crippen molar-refractivity contribution in [3.8, 4) is 17.2 Å². The molecule has 1 N–H and O–H groups in total. The number of allylic oxidation sites excluding steroid dienone is 2. The number of benzene rings is 1. The third-order valence-electron chi connectivity index (χ3n) is 8.11. The number of aryl methyl sites for hydroxylation is 1. The van der Waals surface area contributed by atoms with Crippen molar-refractivity contribution < 1.29 is 33.5 Å². The van der Waals surface area contributed by atoms with Gasteiger partial charge in [0.15, 0.2) is 23.9 Å². The molecule has 3 heterocycles. The SMILES string of the molecule is C/C=C/C(C)(C)C[C@H]1[C@H](C(=O)O)[C@@H](c2cc(OC)c3c(c2)OCO3)CN1CC(=O)N(CCCC)c1ccc[n+](C)c1. The van der Waals surface area contributed by atoms with Crippen molar-refractivity contribution in [1.82, 2.24) is 4.90 Å². The maximum atomic E-state index is 14.0. The van der Waals surface area contributed by atoms with Crippen LogP contribution in [0.15, 0.2) is 48.8 Å². The Bertz CT molecular complexity index is 1280. The van der Waals surface area contributed by atoms with Gasteiger partial charge < -0.3 is 24.2 Å². The van der Waals surface area contributed by atoms with Crippen LogP contribution in [0.1, 0.15) is 58.4 Å². The molecular formula is C32H44N3O6+. The lowest BCUT2D eigenvalue weighted by molar-refractivity contribution is -0.670. The number of nitrogens with zero attached hydrogens (tertiary/aromatic N) is 3. The fourth-order valence-corrected chi connectivity index (χ4v) is 6.21. The Balaban J connectivity index is 1.72. The third kappa shape index (κ3) is 6.84. The smallest absolute Gasteiger partial charge is 0.308 e. The van der Waals surface area contributed by atoms with E-state index in [1.807, 2.05) is 66.2 Å². The molecule has 1 aromatic heterocycles. The fourth-order valence-electron chi connectivity index (χ4n) is 6.21. The molecule has 2 aromatic rings. The van der Waals surface area contributed by atoms with Crippen LogP contribution < -0.4 is 23.7 Å². The molecule has 9 heteroatoms. The molecule has 0 aliphatic carbocycles. The predicted octanol–water partition coefficient (Wildman–Crippen LogP) is 4.54. The molecule has 2 aliphatic rings. The number of carbonyl (C=O) groups is 2. The first-order chi connectivity index (χ1) is 19.6. The molecule has 0 bridgehead atoms. The first kappa shape index (κ1) is 30.4. The normalized spacial score (nSPS) is 20.5. The molecule has 4 rings (SSSR count). The second-order valence-electron chi connectivity index (χ2n) is 11.7. The minimum Gasteiger partial charge on any atom is -0.493 e. The number of aliphatic carboxylic acids is 1. The summed E-state index contributed by atoms with van der Waals surface area (Å²) >= 11 is 0. The highest BCUT2D eigenvalue weighted by Gasteiger charge is 2.49. The van der Waals surface area contributed by atoms with Gasteiger partial charge in [-0.15, -0.1) is 0 Å². The number of hydrogen-bond acceptors (Lipinski definition) is 6. The predicted molar refractivity (Wildman–Crippen MR) is 156 cm³/mol. The van der Waals surface area contributed by atoms with Crippen molar-refractivity contribution in [3.05, 3.63) is 54.4 Å². The second kappa shape index (κ2) is 12.9. The van der Waals surface area contributed by atoms with Gasteiger partial charge in [-0.2, -0.15) is 0 Å². The Morgan fingerprint density at radius 1 is 1.29 bits per heavy atom. The molecule has 41 heavy (non-hydrogen) atoms. The van der Waals surface area contributed by atoms with Crippen LogP contribution in [0, 0.1) is 11.3 Å². The summed E-state index contributed by atoms with van der Waals surface area (Å²) in [7, 11) is 3.50. The highest BCUT2D eigenvalue weighted by atomic mass is 16.7. The van der Waals surface area contributed by atoms with E-state index in [-0.39, 0.29) is 36.6 Å². The van der Waals surface area contributed by atoms with E-state index in [1.165, 1.54) is 0 Å². The van der Waals surface area contributed by atoms with Gasteiger partial charge >= 0.3 is 5.97 Å². The van der Waals surface area contributed by atoms with E-state index < -0.39 is 11.9 Å². The molecule has 0 spiro atoms. The largest absolute Gasteiger partial charge is 0.493 e. The van der Waals surface area contributed by atoms with Gasteiger partial charge in [0.25, 0.3) is 0 Å². The molecule has 1 aromatic carbocycles. The van der Waals surface area contributed by atoms with Crippen LogP contribution in [0.5, 0.6) is 17.2 Å². The Labute approximate surface area is 243 Å². The van der Waals surface area contributed by atoms with Crippen molar-refractivity contribution in [2.75, 3.05) is 38.4 Å². The van der Waals surface area contributed by atoms with Crippen LogP contribution in [-0.4, -0.2) is 61.5 Å². The average molecular weight is 567 g/mol. The molecule has 1 saturated heterocycles. The number of aromatic nitrogens is 1. The molecule has 2 aliphatic heterocycles. The van der Waals surface area contributed by atoms with Crippen molar-refractivity contribution in [2.45, 2.75) is 58.9 Å². The number of hydrogen-bond donors (Lipinski definition) is 1. The highest BCUT2D eigenvalue weighted by Crippen LogP contribution is 2.48. The number of ether oxygens (including phenoxy) is 3. The lowest BCUT2D eigenvalue weighted by atomic mass is 9.77. The van der Waals surface area contributed by atoms with E-state index in [9.17, 15) is 14.7 Å². The molecule has 3 atom stereocenters. The zero-order valence-corrected chi connectivity index (χ0v) is 25.1. The highest BCUT2D eigenvalue weighted by molar-refractivity contribution is 5.94. The zero-order valence-electron chi connectivity index (χ0n) is 25.1. The average Bonchev–Trinajstić information content (AvgIpc) is 3.53. The van der Waals surface area contributed by atoms with Crippen molar-refractivity contribution >= 4 is 17.6 Å². The van der Waals surface area contributed by atoms with Gasteiger partial charge in [0.2, 0.25) is 18.4 Å². The van der Waals surface area contributed by atoms with Crippen LogP contribution in [0.25, 0.3) is 0 Å². The lowest BCUT2D eigenvalue weighted by Crippen LogP contribution is -2.46. The number of anilines is 1. The van der Waals surface area contributed by atoms with Gasteiger partial charge in [0, 0.05) is 31.1 Å². The summed E-state index contributed by atoms with van der Waals surface area (Å²) in [6.45, 7) is 9.55. The number of carboxylic acids is 1. The van der Waals surface area contributed by atoms with Crippen molar-refractivity contribution in [3.63, 3.8) is 0 Å². The second-order valence-corrected chi connectivity index (χ2v) is 11.7. The number of likely N-dealkylation sites (tertiary alicyclic amines) is 1. The lowest BCUT2D eigenvalue weighted by Gasteiger charge is -2.33. The molecule has 222 valence electrons. The summed E-state index contributed by atoms with van der Waals surface area (Å²) in [5.74, 6) is -0.410. The van der Waals surface area contributed by atoms with Gasteiger partial charge in [-0.3, -0.25) is 14.5 Å². The molecule has 9 nitrogen and oxygen atoms in total. The van der Waals surface area contributed by atoms with E-state index in [2.05, 4.69) is 31.7 Å². The maximum absolute atomic E-state index is 14.0. The van der Waals surface area contributed by atoms with Gasteiger partial charge in [-0.25, -0.2) is 4.57 Å². The van der Waals surface area contributed by atoms with E-state index in [4.69, 9.17) is 14.2 Å². The van der Waals surface area contributed by atoms with Crippen molar-refractivity contribution in [2.24, 2.45) is 18.4 Å². The topological polar surface area (TPSA) is 92.4 Å². The monoisotopic (exact) mass is 566 g/mol. The van der Waals surface area contributed by atoms with Gasteiger partial charge in [-0.05, 0) is 48.9 Å². The number of methoxy groups -OCH3 is 1. The molecular weight excluding hydrogens is 522 g/mol. The fraction of sp³-hybridized carbons (Fsp3) is 0.531. The summed E-state index contributed by atoms with van der Waals surface area (Å²) < 4.78 is 18.7. The van der Waals surface area contributed by atoms with Crippen LogP contribution >= 0.6 is 0 Å². The van der Waals surface area contributed by atoms with E-state index in [0.717, 1.165) is 24.1 Å². The number of carbonyl (C=O) groups excluding carboxylic acids is 1. The standard InChI is InChI=1S/C32H43N3O6/c1-7-9-14-35(23-11-10-13-33(5)18-23)28(36)20-34-19-24(22-15-26(39-6)30-27(16-22)40-21-41-30)29(31(37)38)25(34)17-32(3,4)12-8-2/h8,10-13,15-16,18,24-25,29H,7,9,14,17,19-21H2,1-6H3/p+1/b12-8+/t24-,25+,29-/m1/s1. The quantitative estimate of drug-likeness (QED) is 0.298. The van der Waals surface area contributed by atoms with Gasteiger partial charge in [0.05, 0.1) is 19.6 Å². The van der Waals surface area contributed by atoms with E-state index >= 15 is 0 Å². The van der Waals surface area contributed by atoms with Gasteiger partial charge in [0.1, 0.15) is 12.7 Å². The Kier molecular flexibility index (Phi) is 9.58. The molecule has 0 saturated carbocycles. The number of pyridine rings is 1. The Morgan fingerprint density at radius 2 is 2.07 bits per heavy atom. The molecule has 1 amide bonds. The zero-order chi connectivity index (χ0) is 29.7. The molecule has 1 fully saturated rings. The molecule has 0 unspecified atom stereocenters. The minimum atomic E-state index is -0.874. The number of rotatable bonds is 12. The van der Waals surface area contributed by atoms with Crippen LogP contribution in [0.2, 0.25) is 0 Å². The Hall–Kier alpha value is -3.59. The third-order valence-corrected chi connectivity index (χ3v) is 8.11.